The van der Waals surface area contributed by atoms with Crippen LogP contribution in [0.1, 0.15) is 57.4 Å². The second-order valence-corrected chi connectivity index (χ2v) is 13.7. The van der Waals surface area contributed by atoms with Gasteiger partial charge in [-0.25, -0.2) is 0 Å². The van der Waals surface area contributed by atoms with E-state index in [1.54, 1.807) is 6.07 Å². The van der Waals surface area contributed by atoms with Gasteiger partial charge >= 0.3 is 13.1 Å². The van der Waals surface area contributed by atoms with E-state index in [1.807, 2.05) is 49.4 Å². The third-order valence-corrected chi connectivity index (χ3v) is 10.1. The fourth-order valence-corrected chi connectivity index (χ4v) is 7.77. The van der Waals surface area contributed by atoms with Gasteiger partial charge in [0.15, 0.2) is 11.5 Å². The Bertz CT molecular complexity index is 1540. The van der Waals surface area contributed by atoms with Gasteiger partial charge in [-0.05, 0) is 115 Å². The summed E-state index contributed by atoms with van der Waals surface area (Å²) in [6.45, 7) is 2.52. The minimum Gasteiger partial charge on any atom is -0.504 e. The number of aliphatic carboxylic acids is 1. The number of ether oxygens (including phenoxy) is 2. The van der Waals surface area contributed by atoms with Crippen LogP contribution in [0.15, 0.2) is 59.2 Å². The predicted octanol–water partition coefficient (Wildman–Crippen LogP) is 5.71. The van der Waals surface area contributed by atoms with E-state index < -0.39 is 31.0 Å². The summed E-state index contributed by atoms with van der Waals surface area (Å²) in [6.07, 6.45) is 5.06. The van der Waals surface area contributed by atoms with E-state index in [4.69, 9.17) is 19.2 Å². The molecule has 2 heterocycles. The maximum absolute atomic E-state index is 13.8. The Morgan fingerprint density at radius 2 is 1.87 bits per heavy atom. The highest BCUT2D eigenvalue weighted by Crippen LogP contribution is 2.50. The van der Waals surface area contributed by atoms with E-state index in [9.17, 15) is 24.5 Å². The van der Waals surface area contributed by atoms with Crippen LogP contribution < -0.4 is 9.47 Å². The molecule has 2 aliphatic heterocycles. The molecule has 10 nitrogen and oxygen atoms in total. The Hall–Kier alpha value is -3.36. The number of likely N-dealkylation sites (tertiary alicyclic amines) is 1. The summed E-state index contributed by atoms with van der Waals surface area (Å²) in [4.78, 5) is 39.8. The monoisotopic (exact) mass is 757 g/mol. The molecule has 0 radical (unpaired) electrons. The van der Waals surface area contributed by atoms with Crippen molar-refractivity contribution in [2.75, 3.05) is 20.3 Å². The molecular weight excluding hydrogens is 716 g/mol. The second kappa shape index (κ2) is 15.7. The number of allylic oxidation sites excluding steroid dienone is 1. The van der Waals surface area contributed by atoms with E-state index in [2.05, 4.69) is 22.6 Å². The first kappa shape index (κ1) is 35.0. The summed E-state index contributed by atoms with van der Waals surface area (Å²) in [5.41, 5.74) is 3.83. The summed E-state index contributed by atoms with van der Waals surface area (Å²) in [7, 11) is 0.434. The van der Waals surface area contributed by atoms with Crippen molar-refractivity contribution in [1.29, 1.82) is 0 Å². The number of para-hydroxylation sites is 1. The van der Waals surface area contributed by atoms with Crippen LogP contribution in [0.3, 0.4) is 0 Å². The van der Waals surface area contributed by atoms with Crippen LogP contribution in [0.4, 0.5) is 0 Å². The average molecular weight is 757 g/mol. The number of hydrogen-bond donors (Lipinski definition) is 3. The lowest BCUT2D eigenvalue weighted by Crippen LogP contribution is -2.46. The third-order valence-electron chi connectivity index (χ3n) is 9.31. The maximum Gasteiger partial charge on any atom is 0.455 e. The number of carboxylic acids is 1. The lowest BCUT2D eigenvalue weighted by atomic mass is 9.58. The zero-order chi connectivity index (χ0) is 33.7. The first-order chi connectivity index (χ1) is 22.6. The van der Waals surface area contributed by atoms with Gasteiger partial charge in [0.1, 0.15) is 12.4 Å². The summed E-state index contributed by atoms with van der Waals surface area (Å²) in [6, 6.07) is 13.1. The van der Waals surface area contributed by atoms with Crippen LogP contribution in [-0.2, 0) is 19.0 Å². The van der Waals surface area contributed by atoms with Crippen molar-refractivity contribution in [1.82, 2.24) is 4.90 Å². The lowest BCUT2D eigenvalue weighted by Gasteiger charge is -2.43. The number of hydrogen-bond acceptors (Lipinski definition) is 8. The molecule has 2 amide bonds. The van der Waals surface area contributed by atoms with E-state index in [-0.39, 0.29) is 49.4 Å². The summed E-state index contributed by atoms with van der Waals surface area (Å²) in [5.74, 6) is -1.57. The molecule has 3 N–H and O–H groups in total. The minimum absolute atomic E-state index is 0.0592. The molecule has 2 aromatic carbocycles. The molecule has 4 atom stereocenters. The predicted molar refractivity (Wildman–Crippen MR) is 185 cm³/mol. The zero-order valence-corrected chi connectivity index (χ0v) is 28.9. The number of aromatic hydroxyl groups is 1. The Kier molecular flexibility index (Phi) is 11.7. The number of methoxy groups -OCH3 is 1. The first-order valence-corrected chi connectivity index (χ1v) is 17.2. The fraction of sp³-hybridized carbons (Fsp3) is 0.457. The number of amides is 2. The molecule has 1 aliphatic carbocycles. The van der Waals surface area contributed by atoms with Crippen LogP contribution >= 0.6 is 22.6 Å². The number of imide groups is 1. The van der Waals surface area contributed by atoms with E-state index in [1.165, 1.54) is 12.0 Å². The largest absolute Gasteiger partial charge is 0.504 e. The summed E-state index contributed by atoms with van der Waals surface area (Å²) in [5, 5.41) is 30.1. The van der Waals surface area contributed by atoms with Gasteiger partial charge in [-0.3, -0.25) is 19.3 Å². The van der Waals surface area contributed by atoms with Crippen molar-refractivity contribution >= 4 is 53.6 Å². The van der Waals surface area contributed by atoms with Crippen molar-refractivity contribution in [3.05, 3.63) is 68.3 Å². The molecule has 5 rings (SSSR count). The molecule has 47 heavy (non-hydrogen) atoms. The molecule has 0 bridgehead atoms. The number of phenolic OH excluding ortho intramolecular Hbond substituents is 1. The topological polar surface area (TPSA) is 143 Å². The number of benzene rings is 2. The number of rotatable bonds is 14. The number of phenols is 1. The van der Waals surface area contributed by atoms with Crippen LogP contribution in [0.2, 0.25) is 6.32 Å². The smallest absolute Gasteiger partial charge is 0.455 e. The Morgan fingerprint density at radius 3 is 2.60 bits per heavy atom. The molecule has 0 spiro atoms. The number of nitrogens with zero attached hydrogens (tertiary/aromatic N) is 1. The standard InChI is InChI=1S/C35H41BINO9/c1-21(15-22-16-27(37)33(41)29(17-22)45-2)12-13-28-31-23(20-46-24-9-5-3-6-10-24)18-25-32(26(31)19-36(44)47-28)35(43)38(34(25)42)14-8-4-7-11-30(39)40/h3,5-6,9-10,15-17,25-26,28,32,41,44H,4,7-8,11-14,18-20H2,1-2H3,(H,39,40)/b21-15+/t25-,26+,28-,32-/m1/s1. The Balaban J connectivity index is 1.38. The molecule has 0 saturated carbocycles. The molecule has 2 saturated heterocycles. The number of carbonyl (C=O) groups excluding carboxylic acids is 2. The molecule has 2 fully saturated rings. The van der Waals surface area contributed by atoms with Gasteiger partial charge in [0, 0.05) is 13.0 Å². The number of halogens is 1. The summed E-state index contributed by atoms with van der Waals surface area (Å²) >= 11 is 2.07. The van der Waals surface area contributed by atoms with Gasteiger partial charge in [-0.2, -0.15) is 0 Å². The van der Waals surface area contributed by atoms with Gasteiger partial charge in [0.25, 0.3) is 0 Å². The second-order valence-electron chi connectivity index (χ2n) is 12.5. The van der Waals surface area contributed by atoms with Crippen molar-refractivity contribution in [2.45, 2.75) is 64.3 Å². The SMILES string of the molecule is COc1cc(/C=C(\C)CC[C@H]2OB(O)C[C@H]3C2=C(COc2ccccc2)C[C@H]2C(=O)N(CCCCCC(=O)O)C(=O)[C@H]23)cc(I)c1O. The van der Waals surface area contributed by atoms with Crippen LogP contribution in [0.5, 0.6) is 17.2 Å². The van der Waals surface area contributed by atoms with Crippen molar-refractivity contribution < 1.29 is 43.7 Å². The quantitative estimate of drug-likeness (QED) is 0.0727. The van der Waals surface area contributed by atoms with Crippen molar-refractivity contribution in [3.8, 4) is 17.2 Å². The normalized spacial score (nSPS) is 22.8. The average Bonchev–Trinajstić information content (AvgIpc) is 3.28. The number of fused-ring (bicyclic) bond motifs is 3. The van der Waals surface area contributed by atoms with Gasteiger partial charge in [-0.15, -0.1) is 0 Å². The highest BCUT2D eigenvalue weighted by atomic mass is 127. The van der Waals surface area contributed by atoms with Crippen molar-refractivity contribution in [3.63, 3.8) is 0 Å². The molecule has 0 aromatic heterocycles. The maximum atomic E-state index is 13.8. The summed E-state index contributed by atoms with van der Waals surface area (Å²) < 4.78 is 18.3. The van der Waals surface area contributed by atoms with Crippen LogP contribution in [0.25, 0.3) is 6.08 Å². The van der Waals surface area contributed by atoms with Gasteiger partial charge < -0.3 is 29.4 Å². The van der Waals surface area contributed by atoms with Gasteiger partial charge in [0.05, 0.1) is 28.6 Å². The van der Waals surface area contributed by atoms with Gasteiger partial charge in [0.2, 0.25) is 11.8 Å². The van der Waals surface area contributed by atoms with E-state index >= 15 is 0 Å². The molecule has 250 valence electrons. The van der Waals surface area contributed by atoms with Crippen molar-refractivity contribution in [2.24, 2.45) is 17.8 Å². The molecule has 2 aromatic rings. The number of unbranched alkanes of at least 4 members (excludes halogenated alkanes) is 2. The van der Waals surface area contributed by atoms with Gasteiger partial charge in [-0.1, -0.05) is 36.3 Å². The lowest BCUT2D eigenvalue weighted by molar-refractivity contribution is -0.141. The Morgan fingerprint density at radius 1 is 1.11 bits per heavy atom. The third kappa shape index (κ3) is 8.21. The van der Waals surface area contributed by atoms with E-state index in [0.717, 1.165) is 22.3 Å². The molecule has 0 unspecified atom stereocenters. The fourth-order valence-electron chi connectivity index (χ4n) is 7.14. The first-order valence-electron chi connectivity index (χ1n) is 16.1. The van der Waals surface area contributed by atoms with Crippen LogP contribution in [-0.4, -0.2) is 71.4 Å². The highest BCUT2D eigenvalue weighted by Gasteiger charge is 2.57. The minimum atomic E-state index is -1.08. The van der Waals surface area contributed by atoms with E-state index in [0.29, 0.717) is 53.6 Å². The molecular formula is C35H41BINO9. The van der Waals surface area contributed by atoms with Crippen LogP contribution in [0, 0.1) is 21.3 Å². The Labute approximate surface area is 289 Å². The number of carboxylic acid groups (broad SMARTS) is 1. The highest BCUT2D eigenvalue weighted by molar-refractivity contribution is 14.1. The number of carbonyl (C=O) groups is 3. The molecule has 12 heteroatoms. The molecule has 3 aliphatic rings. The zero-order valence-electron chi connectivity index (χ0n) is 26.7.